The van der Waals surface area contributed by atoms with Crippen molar-refractivity contribution in [3.63, 3.8) is 0 Å². The van der Waals surface area contributed by atoms with Crippen molar-refractivity contribution < 1.29 is 22.2 Å². The van der Waals surface area contributed by atoms with Gasteiger partial charge in [0.1, 0.15) is 18.2 Å². The maximum atomic E-state index is 12.4. The molecule has 0 bridgehead atoms. The summed E-state index contributed by atoms with van der Waals surface area (Å²) in [6.07, 6.45) is 3.51. The predicted octanol–water partition coefficient (Wildman–Crippen LogP) is 4.68. The van der Waals surface area contributed by atoms with Crippen molar-refractivity contribution in [3.8, 4) is 17.1 Å². The van der Waals surface area contributed by atoms with Gasteiger partial charge >= 0.3 is 6.09 Å². The lowest BCUT2D eigenvalue weighted by Crippen LogP contribution is -2.39. The summed E-state index contributed by atoms with van der Waals surface area (Å²) in [5, 5.41) is 14.3. The van der Waals surface area contributed by atoms with Gasteiger partial charge in [-0.2, -0.15) is 0 Å². The van der Waals surface area contributed by atoms with E-state index in [9.17, 15) is 9.90 Å². The van der Waals surface area contributed by atoms with Crippen LogP contribution < -0.4 is 10.2 Å². The number of aromatic hydroxyl groups is 1. The van der Waals surface area contributed by atoms with Crippen LogP contribution in [0.5, 0.6) is 5.75 Å². The number of hydrogen-bond acceptors (Lipinski definition) is 7. The Labute approximate surface area is 201 Å². The van der Waals surface area contributed by atoms with Crippen LogP contribution in [0.3, 0.4) is 0 Å². The summed E-state index contributed by atoms with van der Waals surface area (Å²) in [5.41, 5.74) is 2.52. The van der Waals surface area contributed by atoms with Gasteiger partial charge in [-0.3, -0.25) is 0 Å². The summed E-state index contributed by atoms with van der Waals surface area (Å²) in [7, 11) is 0. The highest BCUT2D eigenvalue weighted by atomic mass is 16.6. The lowest BCUT2D eigenvalue weighted by Gasteiger charge is -2.23. The normalized spacial score (nSPS) is 20.4. The zero-order valence-electron chi connectivity index (χ0n) is 19.4. The lowest BCUT2D eigenvalue weighted by atomic mass is 10.1. The van der Waals surface area contributed by atoms with Crippen LogP contribution in [0.2, 0.25) is 0 Å². The molecule has 8 nitrogen and oxygen atoms in total. The van der Waals surface area contributed by atoms with E-state index in [2.05, 4.69) is 10.2 Å². The first-order chi connectivity index (χ1) is 16.6. The summed E-state index contributed by atoms with van der Waals surface area (Å²) in [6.45, 7) is 4.43. The molecule has 1 unspecified atom stereocenters. The van der Waals surface area contributed by atoms with Crippen LogP contribution in [0.15, 0.2) is 42.5 Å². The number of nitrogens with zero attached hydrogens (tertiary/aromatic N) is 3. The monoisotopic (exact) mass is 466 g/mol. The summed E-state index contributed by atoms with van der Waals surface area (Å²) >= 11 is 0. The molecule has 182 valence electrons. The molecule has 2 aliphatic rings. The van der Waals surface area contributed by atoms with Gasteiger partial charge in [0.25, 0.3) is 0 Å². The minimum Gasteiger partial charge on any atom is -0.507 e. The quantitative estimate of drug-likeness (QED) is 0.564. The second-order valence-corrected chi connectivity index (χ2v) is 9.07. The Morgan fingerprint density at radius 3 is 2.94 bits per heavy atom. The Kier molecular flexibility index (Phi) is 6.49. The van der Waals surface area contributed by atoms with E-state index < -0.39 is 6.09 Å². The minimum absolute atomic E-state index is 0. The molecule has 1 aromatic heterocycles. The van der Waals surface area contributed by atoms with E-state index in [4.69, 9.17) is 19.4 Å². The standard InChI is InChI=1S/C26H30N4O4.2H2/c1-17-9-10-20-22(14-17)28-24(21-7-2-3-8-23(21)31)29-25(20)30-12-11-18(15-30)27-26(32)34-16-19-6-4-5-13-33-19;;/h2-3,7-10,14,18-19,31H,4-6,11-13,15-16H2,1H3,(H,27,32);2*1H/t18-,19?;;/m1../s1. The van der Waals surface area contributed by atoms with E-state index in [1.54, 1.807) is 12.1 Å². The van der Waals surface area contributed by atoms with Crippen LogP contribution in [-0.2, 0) is 9.47 Å². The van der Waals surface area contributed by atoms with Gasteiger partial charge < -0.3 is 24.8 Å². The highest BCUT2D eigenvalue weighted by molar-refractivity contribution is 5.92. The highest BCUT2D eigenvalue weighted by Crippen LogP contribution is 2.33. The van der Waals surface area contributed by atoms with Crippen LogP contribution in [-0.4, -0.2) is 59.6 Å². The number of hydrogen-bond donors (Lipinski definition) is 2. The van der Waals surface area contributed by atoms with Gasteiger partial charge in [-0.15, -0.1) is 0 Å². The van der Waals surface area contributed by atoms with E-state index in [0.717, 1.165) is 61.1 Å². The molecule has 0 radical (unpaired) electrons. The molecule has 3 aromatic rings. The van der Waals surface area contributed by atoms with Gasteiger partial charge in [-0.25, -0.2) is 14.8 Å². The number of phenolic OH excluding ortho intramolecular Hbond substituents is 1. The van der Waals surface area contributed by atoms with Crippen molar-refractivity contribution in [1.82, 2.24) is 15.3 Å². The summed E-state index contributed by atoms with van der Waals surface area (Å²) in [6, 6.07) is 13.2. The van der Waals surface area contributed by atoms with Gasteiger partial charge in [-0.05, 0) is 62.4 Å². The number of amides is 1. The number of anilines is 1. The Balaban J connectivity index is 0.00000180. The number of carbonyl (C=O) groups excluding carboxylic acids is 1. The van der Waals surface area contributed by atoms with Crippen molar-refractivity contribution >= 4 is 22.8 Å². The van der Waals surface area contributed by atoms with Gasteiger partial charge in [0, 0.05) is 27.9 Å². The fraction of sp³-hybridized carbons (Fsp3) is 0.423. The van der Waals surface area contributed by atoms with Crippen LogP contribution in [0, 0.1) is 6.92 Å². The SMILES string of the molecule is Cc1ccc2c(N3CC[C@@H](NC(=O)OCC4CCCCO4)C3)nc(-c3ccccc3O)nc2c1.[HH].[HH]. The molecule has 34 heavy (non-hydrogen) atoms. The van der Waals surface area contributed by atoms with E-state index >= 15 is 0 Å². The second-order valence-electron chi connectivity index (χ2n) is 9.07. The number of para-hydroxylation sites is 1. The van der Waals surface area contributed by atoms with E-state index in [-0.39, 0.29) is 20.7 Å². The highest BCUT2D eigenvalue weighted by Gasteiger charge is 2.28. The molecule has 3 heterocycles. The average Bonchev–Trinajstić information content (AvgIpc) is 3.31. The number of phenols is 1. The van der Waals surface area contributed by atoms with Gasteiger partial charge in [0.2, 0.25) is 0 Å². The number of nitrogens with one attached hydrogen (secondary N) is 1. The van der Waals surface area contributed by atoms with Crippen molar-refractivity contribution in [3.05, 3.63) is 48.0 Å². The number of benzene rings is 2. The fourth-order valence-corrected chi connectivity index (χ4v) is 4.63. The topological polar surface area (TPSA) is 96.8 Å². The van der Waals surface area contributed by atoms with Crippen molar-refractivity contribution in [2.75, 3.05) is 31.2 Å². The van der Waals surface area contributed by atoms with Crippen molar-refractivity contribution in [2.24, 2.45) is 0 Å². The van der Waals surface area contributed by atoms with E-state index in [1.165, 1.54) is 0 Å². The second kappa shape index (κ2) is 9.85. The number of aryl methyl sites for hydroxylation is 1. The molecule has 1 amide bonds. The van der Waals surface area contributed by atoms with Crippen molar-refractivity contribution in [2.45, 2.75) is 44.8 Å². The third-order valence-electron chi connectivity index (χ3n) is 6.46. The van der Waals surface area contributed by atoms with Crippen LogP contribution in [0.1, 0.15) is 34.1 Å². The average molecular weight is 467 g/mol. The Bertz CT molecular complexity index is 1190. The van der Waals surface area contributed by atoms with Crippen LogP contribution in [0.4, 0.5) is 10.6 Å². The molecule has 2 fully saturated rings. The summed E-state index contributed by atoms with van der Waals surface area (Å²) in [4.78, 5) is 24.1. The number of carbonyl (C=O) groups is 1. The molecule has 2 atom stereocenters. The number of ether oxygens (including phenoxy) is 2. The fourth-order valence-electron chi connectivity index (χ4n) is 4.63. The molecular formula is C26H34N4O4. The third-order valence-corrected chi connectivity index (χ3v) is 6.46. The minimum atomic E-state index is -0.404. The molecule has 5 rings (SSSR count). The maximum absolute atomic E-state index is 12.4. The Morgan fingerprint density at radius 1 is 1.24 bits per heavy atom. The molecule has 2 aromatic carbocycles. The molecule has 2 aliphatic heterocycles. The van der Waals surface area contributed by atoms with E-state index in [1.807, 2.05) is 37.3 Å². The number of alkyl carbamates (subject to hydrolysis) is 1. The first-order valence-electron chi connectivity index (χ1n) is 11.9. The Morgan fingerprint density at radius 2 is 2.12 bits per heavy atom. The molecule has 8 heteroatoms. The maximum Gasteiger partial charge on any atom is 0.407 e. The smallest absolute Gasteiger partial charge is 0.407 e. The number of rotatable bonds is 5. The van der Waals surface area contributed by atoms with E-state index in [0.29, 0.717) is 24.5 Å². The van der Waals surface area contributed by atoms with Gasteiger partial charge in [0.15, 0.2) is 5.82 Å². The zero-order valence-corrected chi connectivity index (χ0v) is 19.4. The van der Waals surface area contributed by atoms with Gasteiger partial charge in [-0.1, -0.05) is 18.2 Å². The third kappa shape index (κ3) is 4.92. The molecule has 0 aliphatic carbocycles. The predicted molar refractivity (Wildman–Crippen MR) is 134 cm³/mol. The molecular weight excluding hydrogens is 432 g/mol. The zero-order chi connectivity index (χ0) is 23.5. The Hall–Kier alpha value is -3.39. The van der Waals surface area contributed by atoms with Crippen molar-refractivity contribution in [1.29, 1.82) is 0 Å². The number of aromatic nitrogens is 2. The molecule has 0 saturated carbocycles. The first kappa shape index (κ1) is 22.4. The molecule has 2 N–H and O–H groups in total. The summed E-state index contributed by atoms with van der Waals surface area (Å²) < 4.78 is 11.0. The largest absolute Gasteiger partial charge is 0.507 e. The number of fused-ring (bicyclic) bond motifs is 1. The molecule has 0 spiro atoms. The van der Waals surface area contributed by atoms with Crippen LogP contribution in [0.25, 0.3) is 22.3 Å². The lowest BCUT2D eigenvalue weighted by molar-refractivity contribution is -0.0226. The van der Waals surface area contributed by atoms with Crippen LogP contribution >= 0.6 is 0 Å². The first-order valence-corrected chi connectivity index (χ1v) is 11.9. The molecule has 2 saturated heterocycles. The van der Waals surface area contributed by atoms with Gasteiger partial charge in [0.05, 0.1) is 23.2 Å². The summed E-state index contributed by atoms with van der Waals surface area (Å²) in [5.74, 6) is 1.43.